The van der Waals surface area contributed by atoms with Gasteiger partial charge < -0.3 is 5.32 Å². The van der Waals surface area contributed by atoms with Gasteiger partial charge in [-0.2, -0.15) is 4.31 Å². The molecule has 1 aliphatic rings. The molecule has 31 heavy (non-hydrogen) atoms. The van der Waals surface area contributed by atoms with E-state index in [1.54, 1.807) is 12.1 Å². The standard InChI is InChI=1S/C22H27ClFN3O3S/c1-2-26(15-17-7-6-8-18(24)13-17)16-22(28)25-21-14-19(9-10-20(21)23)31(29,30)27-11-4-3-5-12-27/h6-10,13-14H,2-5,11-12,15-16H2,1H3,(H,25,28). The number of halogens is 2. The number of nitrogens with zero attached hydrogens (tertiary/aromatic N) is 2. The van der Waals surface area contributed by atoms with E-state index in [9.17, 15) is 17.6 Å². The fourth-order valence-electron chi connectivity index (χ4n) is 3.58. The van der Waals surface area contributed by atoms with Crippen molar-refractivity contribution in [1.29, 1.82) is 0 Å². The van der Waals surface area contributed by atoms with E-state index in [-0.39, 0.29) is 33.9 Å². The number of hydrogen-bond acceptors (Lipinski definition) is 4. The fourth-order valence-corrected chi connectivity index (χ4v) is 5.29. The lowest BCUT2D eigenvalue weighted by molar-refractivity contribution is -0.117. The molecular weight excluding hydrogens is 441 g/mol. The number of piperidine rings is 1. The number of likely N-dealkylation sites (N-methyl/N-ethyl adjacent to an activating group) is 1. The molecule has 6 nitrogen and oxygen atoms in total. The highest BCUT2D eigenvalue weighted by atomic mass is 35.5. The van der Waals surface area contributed by atoms with Crippen LogP contribution in [0.5, 0.6) is 0 Å². The van der Waals surface area contributed by atoms with Gasteiger partial charge >= 0.3 is 0 Å². The average Bonchev–Trinajstić information content (AvgIpc) is 2.75. The molecule has 0 atom stereocenters. The van der Waals surface area contributed by atoms with Gasteiger partial charge in [-0.3, -0.25) is 9.69 Å². The van der Waals surface area contributed by atoms with E-state index in [0.29, 0.717) is 26.2 Å². The zero-order valence-electron chi connectivity index (χ0n) is 17.5. The normalized spacial score (nSPS) is 15.2. The molecular formula is C22H27ClFN3O3S. The minimum atomic E-state index is -3.63. The Morgan fingerprint density at radius 3 is 2.58 bits per heavy atom. The summed E-state index contributed by atoms with van der Waals surface area (Å²) in [6.45, 7) is 3.97. The lowest BCUT2D eigenvalue weighted by Gasteiger charge is -2.26. The average molecular weight is 468 g/mol. The van der Waals surface area contributed by atoms with Gasteiger partial charge in [0, 0.05) is 19.6 Å². The molecule has 1 fully saturated rings. The summed E-state index contributed by atoms with van der Waals surface area (Å²) < 4.78 is 40.7. The number of hydrogen-bond donors (Lipinski definition) is 1. The molecule has 0 unspecified atom stereocenters. The Labute approximate surface area is 188 Å². The molecule has 1 amide bonds. The van der Waals surface area contributed by atoms with Crippen molar-refractivity contribution in [2.24, 2.45) is 0 Å². The fraction of sp³-hybridized carbons (Fsp3) is 0.409. The maximum atomic E-state index is 13.4. The number of carbonyl (C=O) groups excluding carboxylic acids is 1. The number of anilines is 1. The molecule has 0 aliphatic carbocycles. The molecule has 0 spiro atoms. The Morgan fingerprint density at radius 1 is 1.16 bits per heavy atom. The third-order valence-electron chi connectivity index (χ3n) is 5.27. The van der Waals surface area contributed by atoms with Crippen LogP contribution in [0.4, 0.5) is 10.1 Å². The molecule has 168 valence electrons. The maximum Gasteiger partial charge on any atom is 0.243 e. The number of rotatable bonds is 8. The van der Waals surface area contributed by atoms with Crippen LogP contribution < -0.4 is 5.32 Å². The van der Waals surface area contributed by atoms with Crippen molar-refractivity contribution >= 4 is 33.2 Å². The topological polar surface area (TPSA) is 69.7 Å². The summed E-state index contributed by atoms with van der Waals surface area (Å²) in [6.07, 6.45) is 2.71. The predicted molar refractivity (Wildman–Crippen MR) is 120 cm³/mol. The lowest BCUT2D eigenvalue weighted by atomic mass is 10.2. The van der Waals surface area contributed by atoms with Gasteiger partial charge in [-0.15, -0.1) is 0 Å². The van der Waals surface area contributed by atoms with E-state index >= 15 is 0 Å². The summed E-state index contributed by atoms with van der Waals surface area (Å²) >= 11 is 6.22. The molecule has 3 rings (SSSR count). The third kappa shape index (κ3) is 6.26. The van der Waals surface area contributed by atoms with Crippen molar-refractivity contribution in [2.45, 2.75) is 37.6 Å². The summed E-state index contributed by atoms with van der Waals surface area (Å²) in [5.74, 6) is -0.649. The van der Waals surface area contributed by atoms with Gasteiger partial charge in [0.25, 0.3) is 0 Å². The second-order valence-electron chi connectivity index (χ2n) is 7.59. The first kappa shape index (κ1) is 23.7. The largest absolute Gasteiger partial charge is 0.324 e. The number of carbonyl (C=O) groups is 1. The zero-order chi connectivity index (χ0) is 22.4. The van der Waals surface area contributed by atoms with Gasteiger partial charge in [0.05, 0.1) is 22.2 Å². The van der Waals surface area contributed by atoms with E-state index in [4.69, 9.17) is 11.6 Å². The molecule has 2 aromatic carbocycles. The van der Waals surface area contributed by atoms with Crippen LogP contribution in [0.3, 0.4) is 0 Å². The van der Waals surface area contributed by atoms with Crippen molar-refractivity contribution in [3.63, 3.8) is 0 Å². The number of amides is 1. The zero-order valence-corrected chi connectivity index (χ0v) is 19.1. The highest BCUT2D eigenvalue weighted by Gasteiger charge is 2.26. The third-order valence-corrected chi connectivity index (χ3v) is 7.50. The number of sulfonamides is 1. The van der Waals surface area contributed by atoms with Crippen molar-refractivity contribution in [3.05, 3.63) is 58.9 Å². The quantitative estimate of drug-likeness (QED) is 0.634. The van der Waals surface area contributed by atoms with E-state index in [1.165, 1.54) is 34.6 Å². The number of nitrogens with one attached hydrogen (secondary N) is 1. The van der Waals surface area contributed by atoms with E-state index in [1.807, 2.05) is 11.8 Å². The van der Waals surface area contributed by atoms with Gasteiger partial charge in [-0.25, -0.2) is 12.8 Å². The van der Waals surface area contributed by atoms with Crippen LogP contribution in [0, 0.1) is 5.82 Å². The summed E-state index contributed by atoms with van der Waals surface area (Å²) in [6, 6.07) is 10.6. The highest BCUT2D eigenvalue weighted by molar-refractivity contribution is 7.89. The highest BCUT2D eigenvalue weighted by Crippen LogP contribution is 2.28. The van der Waals surface area contributed by atoms with Crippen LogP contribution in [0.15, 0.2) is 47.4 Å². The molecule has 0 saturated carbocycles. The first-order valence-corrected chi connectivity index (χ1v) is 12.2. The van der Waals surface area contributed by atoms with Crippen LogP contribution >= 0.6 is 11.6 Å². The Balaban J connectivity index is 1.69. The second kappa shape index (κ2) is 10.5. The minimum absolute atomic E-state index is 0.0619. The van der Waals surface area contributed by atoms with Crippen molar-refractivity contribution in [2.75, 3.05) is 31.5 Å². The summed E-state index contributed by atoms with van der Waals surface area (Å²) in [5.41, 5.74) is 1.02. The Bertz CT molecular complexity index is 1030. The molecule has 9 heteroatoms. The molecule has 2 aromatic rings. The van der Waals surface area contributed by atoms with Crippen molar-refractivity contribution < 1.29 is 17.6 Å². The van der Waals surface area contributed by atoms with Gasteiger partial charge in [0.15, 0.2) is 0 Å². The van der Waals surface area contributed by atoms with E-state index in [0.717, 1.165) is 24.8 Å². The molecule has 1 aliphatic heterocycles. The van der Waals surface area contributed by atoms with Crippen LogP contribution in [0.25, 0.3) is 0 Å². The van der Waals surface area contributed by atoms with Crippen LogP contribution in [0.2, 0.25) is 5.02 Å². The van der Waals surface area contributed by atoms with Crippen molar-refractivity contribution in [3.8, 4) is 0 Å². The summed E-state index contributed by atoms with van der Waals surface area (Å²) in [7, 11) is -3.63. The monoisotopic (exact) mass is 467 g/mol. The first-order chi connectivity index (χ1) is 14.8. The van der Waals surface area contributed by atoms with E-state index in [2.05, 4.69) is 5.32 Å². The smallest absolute Gasteiger partial charge is 0.243 e. The van der Waals surface area contributed by atoms with E-state index < -0.39 is 10.0 Å². The minimum Gasteiger partial charge on any atom is -0.324 e. The summed E-state index contributed by atoms with van der Waals surface area (Å²) in [5, 5.41) is 2.98. The number of benzene rings is 2. The lowest BCUT2D eigenvalue weighted by Crippen LogP contribution is -2.35. The van der Waals surface area contributed by atoms with Gasteiger partial charge in [-0.05, 0) is 55.3 Å². The Hall–Kier alpha value is -2.00. The molecule has 1 saturated heterocycles. The SMILES string of the molecule is CCN(CC(=O)Nc1cc(S(=O)(=O)N2CCCCC2)ccc1Cl)Cc1cccc(F)c1. The summed E-state index contributed by atoms with van der Waals surface area (Å²) in [4.78, 5) is 14.6. The van der Waals surface area contributed by atoms with Crippen molar-refractivity contribution in [1.82, 2.24) is 9.21 Å². The molecule has 1 heterocycles. The molecule has 1 N–H and O–H groups in total. The molecule has 0 aromatic heterocycles. The molecule has 0 radical (unpaired) electrons. The Morgan fingerprint density at radius 2 is 1.90 bits per heavy atom. The first-order valence-electron chi connectivity index (χ1n) is 10.4. The van der Waals surface area contributed by atoms with Crippen LogP contribution in [-0.2, 0) is 21.4 Å². The Kier molecular flexibility index (Phi) is 8.05. The van der Waals surface area contributed by atoms with Gasteiger partial charge in [0.2, 0.25) is 15.9 Å². The molecule has 0 bridgehead atoms. The van der Waals surface area contributed by atoms with Gasteiger partial charge in [-0.1, -0.05) is 37.1 Å². The van der Waals surface area contributed by atoms with Crippen LogP contribution in [-0.4, -0.2) is 49.7 Å². The predicted octanol–water partition coefficient (Wildman–Crippen LogP) is 4.11. The van der Waals surface area contributed by atoms with Gasteiger partial charge in [0.1, 0.15) is 5.82 Å². The van der Waals surface area contributed by atoms with Crippen LogP contribution in [0.1, 0.15) is 31.7 Å². The maximum absolute atomic E-state index is 13.4. The second-order valence-corrected chi connectivity index (χ2v) is 9.93.